The maximum atomic E-state index is 12.7. The molecule has 3 nitrogen and oxygen atoms in total. The molecule has 0 N–H and O–H groups in total. The van der Waals surface area contributed by atoms with Gasteiger partial charge in [-0.25, -0.2) is 0 Å². The summed E-state index contributed by atoms with van der Waals surface area (Å²) in [5.41, 5.74) is -0.650. The van der Waals surface area contributed by atoms with Crippen molar-refractivity contribution < 1.29 is 17.9 Å². The van der Waals surface area contributed by atoms with Gasteiger partial charge in [0.15, 0.2) is 0 Å². The Morgan fingerprint density at radius 1 is 0.958 bits per heavy atom. The Labute approximate surface area is 141 Å². The van der Waals surface area contributed by atoms with E-state index in [1.54, 1.807) is 6.07 Å². The number of halogens is 3. The first kappa shape index (κ1) is 17.5. The molecule has 0 unspecified atom stereocenters. The Balaban J connectivity index is 1.43. The third-order valence-corrected chi connectivity index (χ3v) is 4.93. The number of nitrogens with zero attached hydrogens (tertiary/aromatic N) is 2. The Morgan fingerprint density at radius 2 is 1.58 bits per heavy atom. The number of alkyl halides is 3. The van der Waals surface area contributed by atoms with Crippen LogP contribution in [0.3, 0.4) is 0 Å². The molecule has 0 atom stereocenters. The fourth-order valence-corrected chi connectivity index (χ4v) is 3.48. The molecule has 2 aliphatic rings. The van der Waals surface area contributed by atoms with Crippen LogP contribution in [0.15, 0.2) is 24.3 Å². The van der Waals surface area contributed by atoms with Crippen molar-refractivity contribution in [2.75, 3.05) is 39.3 Å². The van der Waals surface area contributed by atoms with Gasteiger partial charge >= 0.3 is 6.18 Å². The predicted molar refractivity (Wildman–Crippen MR) is 87.2 cm³/mol. The maximum Gasteiger partial charge on any atom is 0.416 e. The summed E-state index contributed by atoms with van der Waals surface area (Å²) in [5, 5.41) is 0. The van der Waals surface area contributed by atoms with Gasteiger partial charge in [0, 0.05) is 26.2 Å². The minimum absolute atomic E-state index is 0.0107. The zero-order valence-corrected chi connectivity index (χ0v) is 13.9. The van der Waals surface area contributed by atoms with Crippen molar-refractivity contribution in [3.05, 3.63) is 29.8 Å². The average Bonchev–Trinajstić information content (AvgIpc) is 3.07. The van der Waals surface area contributed by atoms with Gasteiger partial charge in [-0.05, 0) is 57.0 Å². The summed E-state index contributed by atoms with van der Waals surface area (Å²) in [6.45, 7) is 6.55. The molecule has 6 heteroatoms. The highest BCUT2D eigenvalue weighted by molar-refractivity contribution is 5.30. The van der Waals surface area contributed by atoms with E-state index in [0.29, 0.717) is 5.75 Å². The predicted octanol–water partition coefficient (Wildman–Crippen LogP) is 3.64. The van der Waals surface area contributed by atoms with Gasteiger partial charge in [0.1, 0.15) is 11.9 Å². The van der Waals surface area contributed by atoms with E-state index in [1.165, 1.54) is 32.0 Å². The van der Waals surface area contributed by atoms with Gasteiger partial charge in [-0.2, -0.15) is 13.2 Å². The Bertz CT molecular complexity index is 521. The van der Waals surface area contributed by atoms with Crippen LogP contribution in [0.4, 0.5) is 13.2 Å². The number of benzene rings is 1. The molecule has 2 heterocycles. The molecule has 3 rings (SSSR count). The number of hydrogen-bond donors (Lipinski definition) is 0. The zero-order valence-electron chi connectivity index (χ0n) is 13.9. The molecule has 2 saturated heterocycles. The van der Waals surface area contributed by atoms with Gasteiger partial charge in [0.25, 0.3) is 0 Å². The quantitative estimate of drug-likeness (QED) is 0.812. The highest BCUT2D eigenvalue weighted by atomic mass is 19.4. The summed E-state index contributed by atoms with van der Waals surface area (Å²) in [6, 6.07) is 5.19. The molecule has 134 valence electrons. The minimum atomic E-state index is -4.32. The van der Waals surface area contributed by atoms with Crippen LogP contribution in [0.25, 0.3) is 0 Å². The summed E-state index contributed by atoms with van der Waals surface area (Å²) in [4.78, 5) is 4.94. The van der Waals surface area contributed by atoms with E-state index in [-0.39, 0.29) is 6.10 Å². The van der Waals surface area contributed by atoms with Crippen LogP contribution in [-0.4, -0.2) is 55.2 Å². The van der Waals surface area contributed by atoms with Gasteiger partial charge < -0.3 is 14.5 Å². The zero-order chi connectivity index (χ0) is 17.0. The Morgan fingerprint density at radius 3 is 2.21 bits per heavy atom. The second-order valence-corrected chi connectivity index (χ2v) is 6.73. The van der Waals surface area contributed by atoms with Crippen molar-refractivity contribution >= 4 is 0 Å². The van der Waals surface area contributed by atoms with Gasteiger partial charge in [-0.15, -0.1) is 0 Å². The highest BCUT2D eigenvalue weighted by Gasteiger charge is 2.31. The van der Waals surface area contributed by atoms with Crippen molar-refractivity contribution in [2.24, 2.45) is 0 Å². The molecule has 0 amide bonds. The minimum Gasteiger partial charge on any atom is -0.490 e. The first-order valence-corrected chi connectivity index (χ1v) is 8.79. The summed E-state index contributed by atoms with van der Waals surface area (Å²) in [5.74, 6) is 0.320. The van der Waals surface area contributed by atoms with Crippen LogP contribution in [0.1, 0.15) is 31.2 Å². The van der Waals surface area contributed by atoms with E-state index in [1.807, 2.05) is 0 Å². The fourth-order valence-electron chi connectivity index (χ4n) is 3.48. The van der Waals surface area contributed by atoms with E-state index in [4.69, 9.17) is 4.74 Å². The third-order valence-electron chi connectivity index (χ3n) is 4.93. The van der Waals surface area contributed by atoms with Crippen LogP contribution in [0, 0.1) is 0 Å². The summed E-state index contributed by atoms with van der Waals surface area (Å²) in [6.07, 6.45) is 0.0569. The molecular weight excluding hydrogens is 317 g/mol. The summed E-state index contributed by atoms with van der Waals surface area (Å²) >= 11 is 0. The number of hydrogen-bond acceptors (Lipinski definition) is 3. The maximum absolute atomic E-state index is 12.7. The highest BCUT2D eigenvalue weighted by Crippen LogP contribution is 2.32. The smallest absolute Gasteiger partial charge is 0.416 e. The van der Waals surface area contributed by atoms with E-state index >= 15 is 0 Å². The number of likely N-dealkylation sites (tertiary alicyclic amines) is 2. The van der Waals surface area contributed by atoms with Crippen molar-refractivity contribution in [2.45, 2.75) is 38.0 Å². The fraction of sp³-hybridized carbons (Fsp3) is 0.667. The van der Waals surface area contributed by atoms with E-state index in [0.717, 1.165) is 51.2 Å². The van der Waals surface area contributed by atoms with Crippen molar-refractivity contribution in [1.29, 1.82) is 0 Å². The lowest BCUT2D eigenvalue weighted by Gasteiger charge is -2.33. The average molecular weight is 342 g/mol. The molecule has 2 fully saturated rings. The molecule has 0 aliphatic carbocycles. The molecule has 24 heavy (non-hydrogen) atoms. The largest absolute Gasteiger partial charge is 0.490 e. The van der Waals surface area contributed by atoms with Crippen molar-refractivity contribution in [3.8, 4) is 5.75 Å². The van der Waals surface area contributed by atoms with Crippen LogP contribution < -0.4 is 4.74 Å². The van der Waals surface area contributed by atoms with E-state index in [2.05, 4.69) is 9.80 Å². The standard InChI is InChI=1S/C18H25F3N2O/c19-18(20,21)15-4-3-5-17(14-15)24-16-6-10-23(11-7-16)13-12-22-8-1-2-9-22/h3-5,14,16H,1-2,6-13H2. The van der Waals surface area contributed by atoms with Crippen LogP contribution in [0.2, 0.25) is 0 Å². The van der Waals surface area contributed by atoms with Crippen molar-refractivity contribution in [1.82, 2.24) is 9.80 Å². The Kier molecular flexibility index (Phi) is 5.66. The molecule has 0 spiro atoms. The molecule has 0 radical (unpaired) electrons. The van der Waals surface area contributed by atoms with Gasteiger partial charge in [0.2, 0.25) is 0 Å². The second-order valence-electron chi connectivity index (χ2n) is 6.73. The summed E-state index contributed by atoms with van der Waals surface area (Å²) in [7, 11) is 0. The lowest BCUT2D eigenvalue weighted by molar-refractivity contribution is -0.137. The SMILES string of the molecule is FC(F)(F)c1cccc(OC2CCN(CCN3CCCC3)CC2)c1. The molecule has 0 saturated carbocycles. The normalized spacial score (nSPS) is 21.3. The van der Waals surface area contributed by atoms with E-state index < -0.39 is 11.7 Å². The first-order valence-electron chi connectivity index (χ1n) is 8.79. The van der Waals surface area contributed by atoms with Crippen LogP contribution in [0.5, 0.6) is 5.75 Å². The first-order chi connectivity index (χ1) is 11.5. The third kappa shape index (κ3) is 4.86. The lowest BCUT2D eigenvalue weighted by Crippen LogP contribution is -2.41. The number of ether oxygens (including phenoxy) is 1. The van der Waals surface area contributed by atoms with Crippen molar-refractivity contribution in [3.63, 3.8) is 0 Å². The second kappa shape index (κ2) is 7.74. The van der Waals surface area contributed by atoms with Gasteiger partial charge in [-0.1, -0.05) is 6.07 Å². The van der Waals surface area contributed by atoms with Crippen LogP contribution in [-0.2, 0) is 6.18 Å². The molecule has 0 aromatic heterocycles. The van der Waals surface area contributed by atoms with Gasteiger partial charge in [0.05, 0.1) is 5.56 Å². The molecule has 2 aliphatic heterocycles. The monoisotopic (exact) mass is 342 g/mol. The number of rotatable bonds is 5. The topological polar surface area (TPSA) is 15.7 Å². The van der Waals surface area contributed by atoms with Crippen LogP contribution >= 0.6 is 0 Å². The number of piperidine rings is 1. The Hall–Kier alpha value is -1.27. The molecule has 0 bridgehead atoms. The molecule has 1 aromatic rings. The molecule has 1 aromatic carbocycles. The summed E-state index contributed by atoms with van der Waals surface area (Å²) < 4.78 is 44.0. The van der Waals surface area contributed by atoms with Gasteiger partial charge in [-0.3, -0.25) is 0 Å². The van der Waals surface area contributed by atoms with E-state index in [9.17, 15) is 13.2 Å². The molecular formula is C18H25F3N2O. The lowest BCUT2D eigenvalue weighted by atomic mass is 10.1.